The van der Waals surface area contributed by atoms with Crippen molar-refractivity contribution in [3.63, 3.8) is 0 Å². The van der Waals surface area contributed by atoms with Gasteiger partial charge in [0.1, 0.15) is 5.15 Å². The zero-order valence-corrected chi connectivity index (χ0v) is 17.9. The Morgan fingerprint density at radius 3 is 2.63 bits per heavy atom. The van der Waals surface area contributed by atoms with Crippen molar-refractivity contribution in [2.45, 2.75) is 24.8 Å². The number of amides is 1. The third-order valence-electron chi connectivity index (χ3n) is 4.32. The molecule has 0 aliphatic carbocycles. The molecule has 10 heteroatoms. The third kappa shape index (κ3) is 4.22. The van der Waals surface area contributed by atoms with Gasteiger partial charge in [-0.05, 0) is 47.7 Å². The fourth-order valence-electron chi connectivity index (χ4n) is 2.92. The monoisotopic (exact) mass is 439 g/mol. The van der Waals surface area contributed by atoms with E-state index in [2.05, 4.69) is 25.9 Å². The van der Waals surface area contributed by atoms with Crippen LogP contribution in [0.4, 0.5) is 5.69 Å². The van der Waals surface area contributed by atoms with Crippen LogP contribution < -0.4 is 5.32 Å². The zero-order chi connectivity index (χ0) is 21.1. The Kier molecular flexibility index (Phi) is 5.82. The van der Waals surface area contributed by atoms with Crippen molar-refractivity contribution >= 4 is 35.0 Å². The maximum Gasteiger partial charge on any atom is 0.221 e. The van der Waals surface area contributed by atoms with Crippen molar-refractivity contribution in [2.75, 3.05) is 5.32 Å². The second kappa shape index (κ2) is 8.68. The van der Waals surface area contributed by atoms with Gasteiger partial charge in [-0.3, -0.25) is 4.79 Å². The summed E-state index contributed by atoms with van der Waals surface area (Å²) in [5, 5.41) is 20.5. The largest absolute Gasteiger partial charge is 0.326 e. The molecular weight excluding hydrogens is 422 g/mol. The van der Waals surface area contributed by atoms with Crippen molar-refractivity contribution in [1.29, 1.82) is 0 Å². The van der Waals surface area contributed by atoms with E-state index in [1.807, 2.05) is 61.5 Å². The molecule has 8 nitrogen and oxygen atoms in total. The molecule has 1 N–H and O–H groups in total. The van der Waals surface area contributed by atoms with Crippen molar-refractivity contribution in [3.05, 3.63) is 71.0 Å². The molecule has 2 aromatic carbocycles. The highest BCUT2D eigenvalue weighted by atomic mass is 35.5. The van der Waals surface area contributed by atoms with Crippen molar-refractivity contribution in [1.82, 2.24) is 30.0 Å². The Morgan fingerprint density at radius 1 is 1.10 bits per heavy atom. The number of rotatable bonds is 6. The van der Waals surface area contributed by atoms with E-state index in [1.165, 1.54) is 18.7 Å². The molecule has 0 spiro atoms. The van der Waals surface area contributed by atoms with E-state index in [0.717, 1.165) is 22.6 Å². The third-order valence-corrected chi connectivity index (χ3v) is 5.65. The van der Waals surface area contributed by atoms with Gasteiger partial charge in [-0.1, -0.05) is 47.6 Å². The lowest BCUT2D eigenvalue weighted by molar-refractivity contribution is -0.114. The van der Waals surface area contributed by atoms with E-state index < -0.39 is 0 Å². The summed E-state index contributed by atoms with van der Waals surface area (Å²) in [5.74, 6) is 0.419. The lowest BCUT2D eigenvalue weighted by atomic mass is 10.3. The van der Waals surface area contributed by atoms with Crippen LogP contribution in [-0.2, 0) is 10.5 Å². The summed E-state index contributed by atoms with van der Waals surface area (Å²) in [4.78, 5) is 11.3. The van der Waals surface area contributed by atoms with Crippen molar-refractivity contribution in [2.24, 2.45) is 0 Å². The predicted molar refractivity (Wildman–Crippen MR) is 116 cm³/mol. The first-order valence-corrected chi connectivity index (χ1v) is 10.5. The van der Waals surface area contributed by atoms with E-state index in [-0.39, 0.29) is 5.91 Å². The summed E-state index contributed by atoms with van der Waals surface area (Å²) < 4.78 is 3.35. The molecule has 4 rings (SSSR count). The number of hydrogen-bond donors (Lipinski definition) is 1. The van der Waals surface area contributed by atoms with Gasteiger partial charge in [0.25, 0.3) is 0 Å². The number of para-hydroxylation sites is 1. The number of benzene rings is 2. The molecule has 152 valence electrons. The average molecular weight is 440 g/mol. The first-order chi connectivity index (χ1) is 14.5. The van der Waals surface area contributed by atoms with Gasteiger partial charge in [0.2, 0.25) is 11.1 Å². The van der Waals surface area contributed by atoms with Gasteiger partial charge < -0.3 is 5.32 Å². The summed E-state index contributed by atoms with van der Waals surface area (Å²) in [6.45, 7) is 3.40. The Bertz CT molecular complexity index is 1190. The number of aryl methyl sites for hydroxylation is 1. The Balaban J connectivity index is 1.56. The number of halogens is 1. The van der Waals surface area contributed by atoms with Crippen molar-refractivity contribution < 1.29 is 4.79 Å². The normalized spacial score (nSPS) is 10.9. The van der Waals surface area contributed by atoms with Gasteiger partial charge in [-0.2, -0.15) is 9.78 Å². The topological polar surface area (TPSA) is 90.5 Å². The number of hydrogen-bond acceptors (Lipinski definition) is 6. The van der Waals surface area contributed by atoms with Gasteiger partial charge in [-0.15, -0.1) is 5.10 Å². The summed E-state index contributed by atoms with van der Waals surface area (Å²) in [6.07, 6.45) is 0. The Labute approximate surface area is 182 Å². The van der Waals surface area contributed by atoms with E-state index in [4.69, 9.17) is 11.6 Å². The fraction of sp³-hybridized carbons (Fsp3) is 0.150. The Hall–Kier alpha value is -3.17. The summed E-state index contributed by atoms with van der Waals surface area (Å²) in [6, 6.07) is 17.1. The summed E-state index contributed by atoms with van der Waals surface area (Å²) in [5.41, 5.74) is 4.10. The smallest absolute Gasteiger partial charge is 0.221 e. The highest BCUT2D eigenvalue weighted by molar-refractivity contribution is 7.98. The Morgan fingerprint density at radius 2 is 1.87 bits per heavy atom. The number of thioether (sulfide) groups is 1. The second-order valence-electron chi connectivity index (χ2n) is 6.50. The van der Waals surface area contributed by atoms with E-state index >= 15 is 0 Å². The number of tetrazole rings is 1. The number of carbonyl (C=O) groups excluding carboxylic acids is 1. The molecule has 2 heterocycles. The first-order valence-electron chi connectivity index (χ1n) is 9.11. The van der Waals surface area contributed by atoms with Crippen LogP contribution in [0.2, 0.25) is 5.15 Å². The first kappa shape index (κ1) is 20.1. The van der Waals surface area contributed by atoms with Crippen LogP contribution in [0, 0.1) is 6.92 Å². The van der Waals surface area contributed by atoms with Crippen LogP contribution in [0.3, 0.4) is 0 Å². The van der Waals surface area contributed by atoms with E-state index in [9.17, 15) is 4.79 Å². The standard InChI is InChI=1S/C20H18ClN7OS/c1-13-18(19(21)27(24-13)16-8-4-3-5-9-16)12-30-20-23-25-26-28(20)17-10-6-7-15(11-17)22-14(2)29/h3-11H,12H2,1-2H3,(H,22,29). The molecule has 0 unspecified atom stereocenters. The van der Waals surface area contributed by atoms with Crippen LogP contribution in [0.1, 0.15) is 18.2 Å². The van der Waals surface area contributed by atoms with Crippen LogP contribution >= 0.6 is 23.4 Å². The fourth-order valence-corrected chi connectivity index (χ4v) is 4.32. The molecule has 0 aliphatic rings. The molecule has 0 aliphatic heterocycles. The molecular formula is C20H18ClN7OS. The van der Waals surface area contributed by atoms with Crippen LogP contribution in [0.15, 0.2) is 59.8 Å². The lowest BCUT2D eigenvalue weighted by Gasteiger charge is -2.07. The molecule has 0 saturated heterocycles. The lowest BCUT2D eigenvalue weighted by Crippen LogP contribution is -2.07. The zero-order valence-electron chi connectivity index (χ0n) is 16.3. The minimum absolute atomic E-state index is 0.140. The highest BCUT2D eigenvalue weighted by Crippen LogP contribution is 2.30. The van der Waals surface area contributed by atoms with Gasteiger partial charge in [0.15, 0.2) is 0 Å². The van der Waals surface area contributed by atoms with E-state index in [1.54, 1.807) is 9.36 Å². The number of anilines is 1. The predicted octanol–water partition coefficient (Wildman–Crippen LogP) is 4.06. The van der Waals surface area contributed by atoms with Gasteiger partial charge >= 0.3 is 0 Å². The van der Waals surface area contributed by atoms with Crippen LogP contribution in [0.5, 0.6) is 0 Å². The molecule has 1 amide bonds. The second-order valence-corrected chi connectivity index (χ2v) is 7.80. The maximum absolute atomic E-state index is 11.3. The summed E-state index contributed by atoms with van der Waals surface area (Å²) in [7, 11) is 0. The number of aromatic nitrogens is 6. The highest BCUT2D eigenvalue weighted by Gasteiger charge is 2.17. The quantitative estimate of drug-likeness (QED) is 0.455. The minimum atomic E-state index is -0.140. The summed E-state index contributed by atoms with van der Waals surface area (Å²) >= 11 is 8.08. The number of carbonyl (C=O) groups is 1. The molecule has 0 fully saturated rings. The molecule has 0 radical (unpaired) electrons. The van der Waals surface area contributed by atoms with Gasteiger partial charge in [0, 0.05) is 23.9 Å². The molecule has 0 bridgehead atoms. The van der Waals surface area contributed by atoms with Gasteiger partial charge in [0.05, 0.1) is 17.1 Å². The average Bonchev–Trinajstić information content (AvgIpc) is 3.31. The minimum Gasteiger partial charge on any atom is -0.326 e. The number of nitrogens with one attached hydrogen (secondary N) is 1. The van der Waals surface area contributed by atoms with Gasteiger partial charge in [-0.25, -0.2) is 4.68 Å². The van der Waals surface area contributed by atoms with E-state index in [0.29, 0.717) is 21.7 Å². The maximum atomic E-state index is 11.3. The molecule has 2 aromatic heterocycles. The SMILES string of the molecule is CC(=O)Nc1cccc(-n2nnnc2SCc2c(C)nn(-c3ccccc3)c2Cl)c1. The molecule has 4 aromatic rings. The molecule has 0 atom stereocenters. The molecule has 30 heavy (non-hydrogen) atoms. The van der Waals surface area contributed by atoms with Crippen molar-refractivity contribution in [3.8, 4) is 11.4 Å². The molecule has 0 saturated carbocycles. The van der Waals surface area contributed by atoms with Crippen LogP contribution in [-0.4, -0.2) is 35.9 Å². The van der Waals surface area contributed by atoms with Crippen LogP contribution in [0.25, 0.3) is 11.4 Å². The number of nitrogens with zero attached hydrogens (tertiary/aromatic N) is 6.